The van der Waals surface area contributed by atoms with E-state index in [-0.39, 0.29) is 17.9 Å². The molecule has 0 aliphatic carbocycles. The molecule has 20 heavy (non-hydrogen) atoms. The van der Waals surface area contributed by atoms with Gasteiger partial charge in [0.1, 0.15) is 6.04 Å². The first-order valence-corrected chi connectivity index (χ1v) is 7.18. The smallest absolute Gasteiger partial charge is 0.322 e. The van der Waals surface area contributed by atoms with Crippen molar-refractivity contribution in [3.05, 3.63) is 35.9 Å². The molecule has 4 nitrogen and oxygen atoms in total. The van der Waals surface area contributed by atoms with E-state index < -0.39 is 6.10 Å². The number of hydrogen-bond acceptors (Lipinski definition) is 4. The Hall–Kier alpha value is -1.39. The van der Waals surface area contributed by atoms with Gasteiger partial charge in [0.15, 0.2) is 0 Å². The standard InChI is InChI=1S/C16H23NO3/c1-12(16(19)20-2)17-10-8-14(9-11-17)15(18)13-6-4-3-5-7-13/h3-7,12,14-15,18H,8-11H2,1-2H3/t12-,15-/m1/s1. The van der Waals surface area contributed by atoms with Gasteiger partial charge >= 0.3 is 5.97 Å². The summed E-state index contributed by atoms with van der Waals surface area (Å²) >= 11 is 0. The number of aliphatic hydroxyl groups excluding tert-OH is 1. The molecule has 0 bridgehead atoms. The number of nitrogens with zero attached hydrogens (tertiary/aromatic N) is 1. The van der Waals surface area contributed by atoms with Gasteiger partial charge in [-0.25, -0.2) is 0 Å². The van der Waals surface area contributed by atoms with Crippen molar-refractivity contribution in [3.63, 3.8) is 0 Å². The maximum atomic E-state index is 11.5. The molecule has 4 heteroatoms. The summed E-state index contributed by atoms with van der Waals surface area (Å²) in [6.07, 6.45) is 1.39. The molecule has 0 radical (unpaired) electrons. The number of piperidine rings is 1. The molecule has 1 saturated heterocycles. The molecule has 1 aliphatic heterocycles. The van der Waals surface area contributed by atoms with Crippen molar-refractivity contribution in [2.45, 2.75) is 31.9 Å². The molecule has 0 unspecified atom stereocenters. The lowest BCUT2D eigenvalue weighted by Crippen LogP contribution is -2.45. The summed E-state index contributed by atoms with van der Waals surface area (Å²) in [4.78, 5) is 13.7. The largest absolute Gasteiger partial charge is 0.468 e. The van der Waals surface area contributed by atoms with Crippen LogP contribution in [0.4, 0.5) is 0 Å². The van der Waals surface area contributed by atoms with E-state index in [9.17, 15) is 9.90 Å². The van der Waals surface area contributed by atoms with Crippen LogP contribution in [0.5, 0.6) is 0 Å². The summed E-state index contributed by atoms with van der Waals surface area (Å²) in [5.74, 6) is 0.0746. The maximum Gasteiger partial charge on any atom is 0.322 e. The quantitative estimate of drug-likeness (QED) is 0.855. The van der Waals surface area contributed by atoms with E-state index in [0.717, 1.165) is 31.5 Å². The van der Waals surface area contributed by atoms with Gasteiger partial charge < -0.3 is 9.84 Å². The summed E-state index contributed by atoms with van der Waals surface area (Å²) in [5.41, 5.74) is 0.979. The highest BCUT2D eigenvalue weighted by atomic mass is 16.5. The second kappa shape index (κ2) is 6.86. The number of hydrogen-bond donors (Lipinski definition) is 1. The van der Waals surface area contributed by atoms with Gasteiger partial charge in [0.25, 0.3) is 0 Å². The van der Waals surface area contributed by atoms with Crippen LogP contribution in [0.3, 0.4) is 0 Å². The summed E-state index contributed by atoms with van der Waals surface area (Å²) < 4.78 is 4.78. The Morgan fingerprint density at radius 2 is 1.90 bits per heavy atom. The van der Waals surface area contributed by atoms with Gasteiger partial charge in [-0.3, -0.25) is 9.69 Å². The van der Waals surface area contributed by atoms with Crippen molar-refractivity contribution < 1.29 is 14.6 Å². The fourth-order valence-corrected chi connectivity index (χ4v) is 2.86. The zero-order valence-corrected chi connectivity index (χ0v) is 12.2. The number of ether oxygens (including phenoxy) is 1. The van der Waals surface area contributed by atoms with Crippen LogP contribution >= 0.6 is 0 Å². The molecule has 0 saturated carbocycles. The van der Waals surface area contributed by atoms with E-state index in [1.165, 1.54) is 7.11 Å². The molecule has 1 aromatic rings. The maximum absolute atomic E-state index is 11.5. The zero-order chi connectivity index (χ0) is 14.5. The van der Waals surface area contributed by atoms with E-state index in [1.807, 2.05) is 37.3 Å². The van der Waals surface area contributed by atoms with Crippen LogP contribution in [-0.4, -0.2) is 42.2 Å². The molecule has 1 N–H and O–H groups in total. The van der Waals surface area contributed by atoms with Gasteiger partial charge in [0.2, 0.25) is 0 Å². The average Bonchev–Trinajstić information content (AvgIpc) is 2.53. The zero-order valence-electron chi connectivity index (χ0n) is 12.2. The molecule has 1 heterocycles. The molecule has 1 fully saturated rings. The molecule has 1 aromatic carbocycles. The lowest BCUT2D eigenvalue weighted by atomic mass is 9.87. The number of carbonyl (C=O) groups is 1. The number of likely N-dealkylation sites (tertiary alicyclic amines) is 1. The Morgan fingerprint density at radius 1 is 1.30 bits per heavy atom. The van der Waals surface area contributed by atoms with Gasteiger partial charge in [-0.15, -0.1) is 0 Å². The molecule has 0 aromatic heterocycles. The normalized spacial score (nSPS) is 20.4. The molecule has 2 atom stereocenters. The van der Waals surface area contributed by atoms with E-state index in [0.29, 0.717) is 0 Å². The van der Waals surface area contributed by atoms with Crippen molar-refractivity contribution in [1.82, 2.24) is 4.90 Å². The van der Waals surface area contributed by atoms with Gasteiger partial charge in [0.05, 0.1) is 13.2 Å². The number of benzene rings is 1. The Balaban J connectivity index is 1.90. The van der Waals surface area contributed by atoms with Crippen molar-refractivity contribution >= 4 is 5.97 Å². The van der Waals surface area contributed by atoms with Crippen LogP contribution in [0, 0.1) is 5.92 Å². The monoisotopic (exact) mass is 277 g/mol. The molecule has 1 aliphatic rings. The summed E-state index contributed by atoms with van der Waals surface area (Å²) in [6, 6.07) is 9.59. The first kappa shape index (κ1) is 15.0. The van der Waals surface area contributed by atoms with E-state index >= 15 is 0 Å². The highest BCUT2D eigenvalue weighted by molar-refractivity contribution is 5.75. The van der Waals surface area contributed by atoms with Crippen LogP contribution in [0.2, 0.25) is 0 Å². The van der Waals surface area contributed by atoms with Crippen molar-refractivity contribution in [3.8, 4) is 0 Å². The highest BCUT2D eigenvalue weighted by Gasteiger charge is 2.30. The topological polar surface area (TPSA) is 49.8 Å². The highest BCUT2D eigenvalue weighted by Crippen LogP contribution is 2.31. The molecule has 110 valence electrons. The van der Waals surface area contributed by atoms with Gasteiger partial charge in [-0.2, -0.15) is 0 Å². The van der Waals surface area contributed by atoms with Crippen molar-refractivity contribution in [2.75, 3.05) is 20.2 Å². The van der Waals surface area contributed by atoms with Crippen LogP contribution in [0.25, 0.3) is 0 Å². The Labute approximate surface area is 120 Å². The fourth-order valence-electron chi connectivity index (χ4n) is 2.86. The second-order valence-electron chi connectivity index (χ2n) is 5.43. The van der Waals surface area contributed by atoms with E-state index in [4.69, 9.17) is 4.74 Å². The minimum atomic E-state index is -0.410. The molecular formula is C16H23NO3. The SMILES string of the molecule is COC(=O)[C@@H](C)N1CCC([C@H](O)c2ccccc2)CC1. The number of methoxy groups -OCH3 is 1. The third-order valence-corrected chi connectivity index (χ3v) is 4.25. The van der Waals surface area contributed by atoms with Gasteiger partial charge in [-0.05, 0) is 44.3 Å². The van der Waals surface area contributed by atoms with E-state index in [1.54, 1.807) is 0 Å². The minimum Gasteiger partial charge on any atom is -0.468 e. The third kappa shape index (κ3) is 3.38. The van der Waals surface area contributed by atoms with E-state index in [2.05, 4.69) is 4.90 Å². The number of carbonyl (C=O) groups excluding carboxylic acids is 1. The number of rotatable bonds is 4. The third-order valence-electron chi connectivity index (χ3n) is 4.25. The van der Waals surface area contributed by atoms with Crippen LogP contribution in [0.1, 0.15) is 31.4 Å². The van der Waals surface area contributed by atoms with Gasteiger partial charge in [-0.1, -0.05) is 30.3 Å². The average molecular weight is 277 g/mol. The first-order chi connectivity index (χ1) is 9.63. The Bertz CT molecular complexity index is 427. The van der Waals surface area contributed by atoms with Gasteiger partial charge in [0, 0.05) is 0 Å². The predicted octanol–water partition coefficient (Wildman–Crippen LogP) is 1.99. The lowest BCUT2D eigenvalue weighted by molar-refractivity contribution is -0.147. The van der Waals surface area contributed by atoms with Crippen molar-refractivity contribution in [1.29, 1.82) is 0 Å². The second-order valence-corrected chi connectivity index (χ2v) is 5.43. The van der Waals surface area contributed by atoms with Crippen LogP contribution in [-0.2, 0) is 9.53 Å². The first-order valence-electron chi connectivity index (χ1n) is 7.18. The summed E-state index contributed by atoms with van der Waals surface area (Å²) in [6.45, 7) is 3.52. The number of esters is 1. The summed E-state index contributed by atoms with van der Waals surface area (Å²) in [7, 11) is 1.42. The van der Waals surface area contributed by atoms with Crippen LogP contribution in [0.15, 0.2) is 30.3 Å². The fraction of sp³-hybridized carbons (Fsp3) is 0.562. The molecule has 0 amide bonds. The predicted molar refractivity (Wildman–Crippen MR) is 77.2 cm³/mol. The molecular weight excluding hydrogens is 254 g/mol. The van der Waals surface area contributed by atoms with Crippen molar-refractivity contribution in [2.24, 2.45) is 5.92 Å². The molecule has 0 spiro atoms. The molecule has 2 rings (SSSR count). The lowest BCUT2D eigenvalue weighted by Gasteiger charge is -2.36. The summed E-state index contributed by atoms with van der Waals surface area (Å²) in [5, 5.41) is 10.4. The van der Waals surface area contributed by atoms with Crippen LogP contribution < -0.4 is 0 Å². The Kier molecular flexibility index (Phi) is 5.15. The minimum absolute atomic E-state index is 0.188. The Morgan fingerprint density at radius 3 is 2.45 bits per heavy atom. The number of aliphatic hydroxyl groups is 1.